The summed E-state index contributed by atoms with van der Waals surface area (Å²) in [6.07, 6.45) is 4.27. The van der Waals surface area contributed by atoms with E-state index in [1.807, 2.05) is 176 Å². The van der Waals surface area contributed by atoms with E-state index >= 15 is 0 Å². The lowest BCUT2D eigenvalue weighted by molar-refractivity contribution is -0.167. The standard InChI is InChI=1S/C20H17OS.C15H22O3.C14H20O2.C10H16F2O7S.C10H20O2.C10H14O.C9H12O.11CH4/c21-14-13-15-9-11-16(12-10-15)22-19-7-3-1-5-17(19)18-6-2-4-8-20(18)22;1-6-15(3,4)14(16)18-11(2)12-7-9-13(17-5)10-8-12;1-5-14(3,4)13(15)16-11(2)12-9-7-6-8-10-12;1-4-9(2,3)7(13)18-5-6-19-8(14)10(11,12)20(15,16)17;1-7-10(5,6)8(11)12-9(2,3)4;1-3-8(2)9-4-6-10(11)7-5-9;1-7(2)8-3-5-9(10)6-4-8;;;;;;;;;;;/h1-12,21H,13-14H2;7-11H,6H2,1-5H3;6-11H,5H2,1-4H3;4-6H2,1-3H3,(H,15,16,17);7H2,1-6H3;4-8,11H,3H2,1-2H3;3-7,10H,1-2H3;11*1H4/q+1;;;;;;;;;;;;;;;;;/p-1. The number of thiophene rings is 1. The van der Waals surface area contributed by atoms with E-state index in [0.29, 0.717) is 29.8 Å². The van der Waals surface area contributed by atoms with Crippen LogP contribution >= 0.6 is 10.5 Å². The molecule has 1 heterocycles. The lowest BCUT2D eigenvalue weighted by Crippen LogP contribution is -2.39. The SMILES string of the molecule is C.C.C.C.C.C.C.C.C.C.C.CC(C)c1ccc(O)cc1.CCC(C)(C)C(=O)OC(C)(C)C.CCC(C)(C)C(=O)OC(C)c1ccc(OC)cc1.CCC(C)(C)C(=O)OC(C)c1ccccc1.CCC(C)(C)C(=O)OCCOC(=O)C(F)(F)S(=O)(=O)[O-].CCC(C)c1ccc(O)cc1.OCCc1ccc(-[s+]2c3ccccc3c3ccccc32)cc1. The van der Waals surface area contributed by atoms with E-state index < -0.39 is 56.8 Å². The molecule has 0 aliphatic rings. The smallest absolute Gasteiger partial charge is 0.428 e. The molecule has 0 amide bonds. The number of esters is 5. The molecular weight excluding hydrogens is 1560 g/mol. The van der Waals surface area contributed by atoms with Crippen molar-refractivity contribution in [2.24, 2.45) is 21.7 Å². The summed E-state index contributed by atoms with van der Waals surface area (Å²) in [5.41, 5.74) is 3.41. The van der Waals surface area contributed by atoms with Gasteiger partial charge in [-0.3, -0.25) is 19.2 Å². The Balaban J connectivity index is -0.000000147. The Morgan fingerprint density at radius 1 is 0.433 bits per heavy atom. The van der Waals surface area contributed by atoms with Crippen molar-refractivity contribution >= 4 is 70.6 Å². The summed E-state index contributed by atoms with van der Waals surface area (Å²) in [4.78, 5) is 58.8. The van der Waals surface area contributed by atoms with Crippen LogP contribution in [0, 0.1) is 21.7 Å². The van der Waals surface area contributed by atoms with Gasteiger partial charge in [-0.05, 0) is 241 Å². The molecule has 3 N–H and O–H groups in total. The van der Waals surface area contributed by atoms with Gasteiger partial charge in [0.25, 0.3) is 0 Å². The molecule has 7 aromatic carbocycles. The fourth-order valence-electron chi connectivity index (χ4n) is 8.94. The maximum Gasteiger partial charge on any atom is 0.428 e. The fraction of sp³-hybridized carbons (Fsp3) is 0.525. The Kier molecular flexibility index (Phi) is 67.6. The summed E-state index contributed by atoms with van der Waals surface area (Å²) in [6, 6.07) is 58.3. The van der Waals surface area contributed by atoms with Crippen LogP contribution in [0.4, 0.5) is 8.78 Å². The zero-order chi connectivity index (χ0) is 82.9. The molecule has 0 saturated carbocycles. The predicted octanol–water partition coefficient (Wildman–Crippen LogP) is 28.6. The van der Waals surface area contributed by atoms with Crippen LogP contribution in [0.25, 0.3) is 25.1 Å². The summed E-state index contributed by atoms with van der Waals surface area (Å²) in [5, 5.41) is 24.6. The molecule has 8 rings (SSSR count). The van der Waals surface area contributed by atoms with Crippen LogP contribution in [0.3, 0.4) is 0 Å². The van der Waals surface area contributed by atoms with Crippen molar-refractivity contribution in [1.29, 1.82) is 0 Å². The number of ether oxygens (including phenoxy) is 6. The van der Waals surface area contributed by atoms with Gasteiger partial charge in [-0.25, -0.2) is 13.2 Å². The van der Waals surface area contributed by atoms with Gasteiger partial charge in [0.1, 0.15) is 48.3 Å². The van der Waals surface area contributed by atoms with Crippen molar-refractivity contribution in [2.45, 2.75) is 301 Å². The molecule has 21 heteroatoms. The average Bonchev–Trinajstić information content (AvgIpc) is 1.60. The number of aliphatic hydroxyl groups is 1. The molecule has 0 aliphatic carbocycles. The van der Waals surface area contributed by atoms with Gasteiger partial charge >= 0.3 is 35.1 Å². The molecular formula is C99H164F2O17S2. The van der Waals surface area contributed by atoms with Crippen molar-refractivity contribution in [2.75, 3.05) is 26.9 Å². The Morgan fingerprint density at radius 2 is 0.767 bits per heavy atom. The van der Waals surface area contributed by atoms with Crippen molar-refractivity contribution in [3.05, 3.63) is 204 Å². The number of fused-ring (bicyclic) bond motifs is 3. The lowest BCUT2D eigenvalue weighted by atomic mass is 9.90. The molecule has 0 saturated heterocycles. The van der Waals surface area contributed by atoms with Crippen molar-refractivity contribution < 1.29 is 89.5 Å². The lowest BCUT2D eigenvalue weighted by Gasteiger charge is -2.27. The van der Waals surface area contributed by atoms with Gasteiger partial charge in [0.2, 0.25) is 0 Å². The van der Waals surface area contributed by atoms with Crippen LogP contribution < -0.4 is 4.74 Å². The van der Waals surface area contributed by atoms with Crippen molar-refractivity contribution in [1.82, 2.24) is 0 Å². The third-order valence-electron chi connectivity index (χ3n) is 18.4. The quantitative estimate of drug-likeness (QED) is 0.0167. The van der Waals surface area contributed by atoms with Crippen LogP contribution in [0.5, 0.6) is 17.2 Å². The second-order valence-electron chi connectivity index (χ2n) is 30.0. The number of phenols is 2. The van der Waals surface area contributed by atoms with Crippen LogP contribution in [-0.2, 0) is 64.2 Å². The number of aromatic hydroxyl groups is 2. The van der Waals surface area contributed by atoms with Gasteiger partial charge in [-0.15, -0.1) is 0 Å². The topological polar surface area (TPSA) is 259 Å². The van der Waals surface area contributed by atoms with E-state index in [4.69, 9.17) is 34.3 Å². The van der Waals surface area contributed by atoms with Crippen molar-refractivity contribution in [3.8, 4) is 22.1 Å². The van der Waals surface area contributed by atoms with Gasteiger partial charge in [-0.2, -0.15) is 8.78 Å². The highest BCUT2D eigenvalue weighted by Crippen LogP contribution is 2.48. The molecule has 8 aromatic rings. The van der Waals surface area contributed by atoms with E-state index in [1.165, 1.54) is 41.8 Å². The number of phenolic OH excluding ortho intramolecular Hbond substituents is 2. The molecule has 0 fully saturated rings. The molecule has 0 bridgehead atoms. The Labute approximate surface area is 730 Å². The number of rotatable bonds is 24. The molecule has 17 nitrogen and oxygen atoms in total. The summed E-state index contributed by atoms with van der Waals surface area (Å²) >= 11 is 0. The van der Waals surface area contributed by atoms with Gasteiger partial charge < -0.3 is 48.3 Å². The van der Waals surface area contributed by atoms with Crippen LogP contribution in [0.15, 0.2) is 176 Å². The van der Waals surface area contributed by atoms with Crippen LogP contribution in [-0.4, -0.2) is 95.9 Å². The second-order valence-corrected chi connectivity index (χ2v) is 33.4. The number of benzene rings is 7. The van der Waals surface area contributed by atoms with Crippen LogP contribution in [0.2, 0.25) is 0 Å². The normalized spacial score (nSPS) is 11.3. The summed E-state index contributed by atoms with van der Waals surface area (Å²) in [5.74, 6) is -0.918. The minimum Gasteiger partial charge on any atom is -0.743 e. The number of alkyl halides is 2. The molecule has 688 valence electrons. The van der Waals surface area contributed by atoms with E-state index in [2.05, 4.69) is 110 Å². The molecule has 0 spiro atoms. The predicted molar refractivity (Wildman–Crippen MR) is 506 cm³/mol. The van der Waals surface area contributed by atoms with Crippen LogP contribution in [0.1, 0.15) is 311 Å². The molecule has 120 heavy (non-hydrogen) atoms. The van der Waals surface area contributed by atoms with E-state index in [9.17, 15) is 45.7 Å². The molecule has 0 radical (unpaired) electrons. The number of halogens is 2. The third kappa shape index (κ3) is 43.6. The highest BCUT2D eigenvalue weighted by molar-refractivity contribution is 7.87. The molecule has 3 unspecified atom stereocenters. The minimum atomic E-state index is -6.15. The number of carbonyl (C=O) groups excluding carboxylic acids is 5. The van der Waals surface area contributed by atoms with Gasteiger partial charge in [0, 0.05) is 27.8 Å². The summed E-state index contributed by atoms with van der Waals surface area (Å²) in [6.45, 7) is 39.3. The van der Waals surface area contributed by atoms with Gasteiger partial charge in [0.05, 0.1) is 28.8 Å². The first-order valence-corrected chi connectivity index (χ1v) is 39.6. The van der Waals surface area contributed by atoms with Gasteiger partial charge in [0.15, 0.2) is 24.4 Å². The number of methoxy groups -OCH3 is 1. The maximum absolute atomic E-state index is 12.7. The average molecular weight is 1730 g/mol. The zero-order valence-electron chi connectivity index (χ0n) is 68.0. The van der Waals surface area contributed by atoms with Crippen molar-refractivity contribution in [3.63, 3.8) is 0 Å². The minimum absolute atomic E-state index is 0. The first-order chi connectivity index (χ1) is 50.7. The highest BCUT2D eigenvalue weighted by Gasteiger charge is 2.48. The Bertz CT molecular complexity index is 4110. The summed E-state index contributed by atoms with van der Waals surface area (Å²) < 4.78 is 88.3. The number of carbonyl (C=O) groups is 5. The maximum atomic E-state index is 12.7. The molecule has 3 atom stereocenters. The number of hydrogen-bond donors (Lipinski definition) is 3. The summed E-state index contributed by atoms with van der Waals surface area (Å²) in [7, 11) is -4.54. The molecule has 0 aliphatic heterocycles. The van der Waals surface area contributed by atoms with Gasteiger partial charge in [-0.1, -0.05) is 240 Å². The highest BCUT2D eigenvalue weighted by atomic mass is 32.2. The second kappa shape index (κ2) is 61.5. The molecule has 1 aromatic heterocycles. The third-order valence-corrected chi connectivity index (χ3v) is 21.5. The first-order valence-electron chi connectivity index (χ1n) is 37.0. The van der Waals surface area contributed by atoms with E-state index in [-0.39, 0.29) is 140 Å². The Hall–Kier alpha value is -8.76. The Morgan fingerprint density at radius 3 is 1.11 bits per heavy atom. The van der Waals surface area contributed by atoms with E-state index in [0.717, 1.165) is 49.0 Å². The zero-order valence-corrected chi connectivity index (χ0v) is 69.7. The van der Waals surface area contributed by atoms with E-state index in [1.54, 1.807) is 52.1 Å². The monoisotopic (exact) mass is 1730 g/mol. The first kappa shape index (κ1) is 132. The number of hydrogen-bond acceptors (Lipinski definition) is 17. The number of aliphatic hydroxyl groups excluding tert-OH is 1. The fourth-order valence-corrected chi connectivity index (χ4v) is 11.6. The largest absolute Gasteiger partial charge is 0.743 e.